The highest BCUT2D eigenvalue weighted by molar-refractivity contribution is 5.94. The van der Waals surface area contributed by atoms with Gasteiger partial charge in [0.15, 0.2) is 0 Å². The van der Waals surface area contributed by atoms with Gasteiger partial charge in [-0.3, -0.25) is 9.59 Å². The Kier molecular flexibility index (Phi) is 7.61. The van der Waals surface area contributed by atoms with Gasteiger partial charge in [0.2, 0.25) is 17.7 Å². The normalized spacial score (nSPS) is 10.4. The molecule has 0 spiro atoms. The van der Waals surface area contributed by atoms with E-state index in [9.17, 15) is 9.59 Å². The van der Waals surface area contributed by atoms with Crippen molar-refractivity contribution >= 4 is 17.5 Å². The van der Waals surface area contributed by atoms with E-state index < -0.39 is 0 Å². The number of hydrogen-bond acceptors (Lipinski definition) is 4. The minimum atomic E-state index is -0.289. The maximum Gasteiger partial charge on any atom is 0.243 e. The van der Waals surface area contributed by atoms with Gasteiger partial charge in [-0.05, 0) is 24.0 Å². The molecule has 1 heterocycles. The fourth-order valence-electron chi connectivity index (χ4n) is 2.16. The molecule has 0 atom stereocenters. The average Bonchev–Trinajstić information content (AvgIpc) is 2.65. The van der Waals surface area contributed by atoms with Crippen molar-refractivity contribution in [3.63, 3.8) is 0 Å². The Bertz CT molecular complexity index is 700. The molecule has 2 aromatic rings. The molecule has 0 fully saturated rings. The largest absolute Gasteiger partial charge is 0.473 e. The topological polar surface area (TPSA) is 80.3 Å². The zero-order valence-corrected chi connectivity index (χ0v) is 15.2. The number of carbonyl (C=O) groups is 2. The van der Waals surface area contributed by atoms with Crippen molar-refractivity contribution in [2.45, 2.75) is 33.3 Å². The fraction of sp³-hybridized carbons (Fsp3) is 0.350. The second-order valence-electron chi connectivity index (χ2n) is 6.42. The fourth-order valence-corrected chi connectivity index (χ4v) is 2.16. The molecule has 0 saturated heterocycles. The van der Waals surface area contributed by atoms with Gasteiger partial charge < -0.3 is 15.4 Å². The van der Waals surface area contributed by atoms with Crippen molar-refractivity contribution < 1.29 is 14.3 Å². The summed E-state index contributed by atoms with van der Waals surface area (Å²) in [6.45, 7) is 4.49. The molecule has 0 unspecified atom stereocenters. The van der Waals surface area contributed by atoms with Gasteiger partial charge in [-0.2, -0.15) is 0 Å². The van der Waals surface area contributed by atoms with Crippen LogP contribution in [0.1, 0.15) is 32.3 Å². The number of aromatic nitrogens is 1. The summed E-state index contributed by atoms with van der Waals surface area (Å²) >= 11 is 0. The maximum absolute atomic E-state index is 11.9. The molecule has 1 aromatic heterocycles. The van der Waals surface area contributed by atoms with Gasteiger partial charge in [0.25, 0.3) is 0 Å². The van der Waals surface area contributed by atoms with E-state index in [1.165, 1.54) is 6.20 Å². The van der Waals surface area contributed by atoms with E-state index in [1.807, 2.05) is 30.3 Å². The third-order valence-electron chi connectivity index (χ3n) is 3.64. The summed E-state index contributed by atoms with van der Waals surface area (Å²) in [6, 6.07) is 13.2. The molecule has 0 saturated carbocycles. The second-order valence-corrected chi connectivity index (χ2v) is 6.42. The molecule has 2 rings (SSSR count). The lowest BCUT2D eigenvalue weighted by Gasteiger charge is -2.09. The van der Waals surface area contributed by atoms with Crippen LogP contribution in [0, 0.1) is 5.92 Å². The van der Waals surface area contributed by atoms with Crippen LogP contribution in [0.2, 0.25) is 0 Å². The molecule has 0 radical (unpaired) electrons. The Morgan fingerprint density at radius 3 is 2.50 bits per heavy atom. The smallest absolute Gasteiger partial charge is 0.243 e. The van der Waals surface area contributed by atoms with Crippen molar-refractivity contribution in [2.24, 2.45) is 5.92 Å². The van der Waals surface area contributed by atoms with Crippen LogP contribution in [-0.2, 0) is 16.2 Å². The Balaban J connectivity index is 1.72. The van der Waals surface area contributed by atoms with Crippen LogP contribution >= 0.6 is 0 Å². The summed E-state index contributed by atoms with van der Waals surface area (Å²) in [7, 11) is 0. The number of pyridine rings is 1. The first-order valence-corrected chi connectivity index (χ1v) is 8.72. The van der Waals surface area contributed by atoms with Crippen molar-refractivity contribution in [2.75, 3.05) is 11.9 Å². The van der Waals surface area contributed by atoms with E-state index >= 15 is 0 Å². The lowest BCUT2D eigenvalue weighted by molar-refractivity contribution is -0.124. The van der Waals surface area contributed by atoms with Crippen LogP contribution in [0.15, 0.2) is 48.7 Å². The Morgan fingerprint density at radius 2 is 1.85 bits per heavy atom. The number of carbonyl (C=O) groups excluding carboxylic acids is 2. The van der Waals surface area contributed by atoms with Crippen LogP contribution in [0.5, 0.6) is 5.88 Å². The van der Waals surface area contributed by atoms with Gasteiger partial charge in [-0.15, -0.1) is 0 Å². The number of nitrogens with one attached hydrogen (secondary N) is 2. The van der Waals surface area contributed by atoms with Gasteiger partial charge in [-0.1, -0.05) is 44.2 Å². The molecular formula is C20H25N3O3. The standard InChI is InChI=1S/C20H25N3O3/c1-15(2)8-10-18(24)21-13-19(25)23-17-9-11-20(22-12-17)26-14-16-6-4-3-5-7-16/h3-7,9,11-12,15H,8,10,13-14H2,1-2H3,(H,21,24)(H,23,25). The molecule has 6 heteroatoms. The van der Waals surface area contributed by atoms with E-state index in [4.69, 9.17) is 4.74 Å². The van der Waals surface area contributed by atoms with Crippen LogP contribution < -0.4 is 15.4 Å². The molecule has 2 N–H and O–H groups in total. The summed E-state index contributed by atoms with van der Waals surface area (Å²) in [5.41, 5.74) is 1.61. The van der Waals surface area contributed by atoms with E-state index in [2.05, 4.69) is 29.5 Å². The second kappa shape index (κ2) is 10.2. The van der Waals surface area contributed by atoms with Crippen LogP contribution in [-0.4, -0.2) is 23.3 Å². The maximum atomic E-state index is 11.9. The molecule has 138 valence electrons. The highest BCUT2D eigenvalue weighted by Gasteiger charge is 2.07. The predicted octanol–water partition coefficient (Wildman–Crippen LogP) is 3.15. The number of ether oxygens (including phenoxy) is 1. The van der Waals surface area contributed by atoms with Gasteiger partial charge in [-0.25, -0.2) is 4.98 Å². The Labute approximate surface area is 154 Å². The van der Waals surface area contributed by atoms with Crippen LogP contribution in [0.3, 0.4) is 0 Å². The first kappa shape index (κ1) is 19.4. The summed E-state index contributed by atoms with van der Waals surface area (Å²) in [5, 5.41) is 5.30. The van der Waals surface area contributed by atoms with Crippen molar-refractivity contribution in [1.29, 1.82) is 0 Å². The molecule has 1 aromatic carbocycles. The first-order valence-electron chi connectivity index (χ1n) is 8.72. The van der Waals surface area contributed by atoms with Crippen LogP contribution in [0.25, 0.3) is 0 Å². The molecule has 26 heavy (non-hydrogen) atoms. The van der Waals surface area contributed by atoms with E-state index in [1.54, 1.807) is 12.1 Å². The highest BCUT2D eigenvalue weighted by Crippen LogP contribution is 2.13. The minimum absolute atomic E-state index is 0.0524. The number of amides is 2. The van der Waals surface area contributed by atoms with Crippen LogP contribution in [0.4, 0.5) is 5.69 Å². The Hall–Kier alpha value is -2.89. The van der Waals surface area contributed by atoms with E-state index in [0.29, 0.717) is 30.5 Å². The summed E-state index contributed by atoms with van der Waals surface area (Å²) < 4.78 is 5.60. The van der Waals surface area contributed by atoms with Crippen molar-refractivity contribution in [1.82, 2.24) is 10.3 Å². The van der Waals surface area contributed by atoms with E-state index in [-0.39, 0.29) is 18.4 Å². The van der Waals surface area contributed by atoms with Crippen molar-refractivity contribution in [3.05, 3.63) is 54.2 Å². The predicted molar refractivity (Wildman–Crippen MR) is 101 cm³/mol. The number of nitrogens with zero attached hydrogens (tertiary/aromatic N) is 1. The minimum Gasteiger partial charge on any atom is -0.473 e. The molecular weight excluding hydrogens is 330 g/mol. The third-order valence-corrected chi connectivity index (χ3v) is 3.64. The molecule has 0 aliphatic heterocycles. The zero-order chi connectivity index (χ0) is 18.8. The number of hydrogen-bond donors (Lipinski definition) is 2. The number of anilines is 1. The lowest BCUT2D eigenvalue weighted by atomic mass is 10.1. The summed E-state index contributed by atoms with van der Waals surface area (Å²) in [4.78, 5) is 27.7. The molecule has 2 amide bonds. The number of rotatable bonds is 9. The summed E-state index contributed by atoms with van der Waals surface area (Å²) in [5.74, 6) is 0.538. The van der Waals surface area contributed by atoms with E-state index in [0.717, 1.165) is 12.0 Å². The highest BCUT2D eigenvalue weighted by atomic mass is 16.5. The van der Waals surface area contributed by atoms with Gasteiger partial charge >= 0.3 is 0 Å². The van der Waals surface area contributed by atoms with Gasteiger partial charge in [0.1, 0.15) is 6.61 Å². The van der Waals surface area contributed by atoms with Gasteiger partial charge in [0, 0.05) is 12.5 Å². The first-order chi connectivity index (χ1) is 12.5. The quantitative estimate of drug-likeness (QED) is 0.724. The summed E-state index contributed by atoms with van der Waals surface area (Å²) in [6.07, 6.45) is 2.76. The Morgan fingerprint density at radius 1 is 1.08 bits per heavy atom. The van der Waals surface area contributed by atoms with Gasteiger partial charge in [0.05, 0.1) is 18.4 Å². The average molecular weight is 355 g/mol. The number of benzene rings is 1. The third kappa shape index (κ3) is 7.34. The van der Waals surface area contributed by atoms with Crippen molar-refractivity contribution in [3.8, 4) is 5.88 Å². The molecule has 0 bridgehead atoms. The monoisotopic (exact) mass is 355 g/mol. The SMILES string of the molecule is CC(C)CCC(=O)NCC(=O)Nc1ccc(OCc2ccccc2)nc1. The molecule has 6 nitrogen and oxygen atoms in total. The lowest BCUT2D eigenvalue weighted by Crippen LogP contribution is -2.32. The molecule has 0 aliphatic rings. The molecule has 0 aliphatic carbocycles. The zero-order valence-electron chi connectivity index (χ0n) is 15.2.